The molecule has 0 spiro atoms. The van der Waals surface area contributed by atoms with Crippen LogP contribution in [-0.2, 0) is 16.0 Å². The van der Waals surface area contributed by atoms with Gasteiger partial charge in [0.15, 0.2) is 11.5 Å². The minimum absolute atomic E-state index is 0.243. The van der Waals surface area contributed by atoms with Crippen LogP contribution in [0.25, 0.3) is 0 Å². The van der Waals surface area contributed by atoms with Gasteiger partial charge < -0.3 is 19.9 Å². The van der Waals surface area contributed by atoms with Crippen molar-refractivity contribution in [3.8, 4) is 11.5 Å². The summed E-state index contributed by atoms with van der Waals surface area (Å²) >= 11 is 0. The van der Waals surface area contributed by atoms with Crippen molar-refractivity contribution in [2.24, 2.45) is 0 Å². The van der Waals surface area contributed by atoms with Crippen LogP contribution >= 0.6 is 0 Å². The van der Waals surface area contributed by atoms with Crippen LogP contribution in [-0.4, -0.2) is 36.7 Å². The fourth-order valence-electron chi connectivity index (χ4n) is 1.88. The monoisotopic (exact) mass is 279 g/mol. The Balaban J connectivity index is 1.88. The van der Waals surface area contributed by atoms with Crippen molar-refractivity contribution in [3.63, 3.8) is 0 Å². The molecule has 0 saturated carbocycles. The maximum Gasteiger partial charge on any atom is 0.322 e. The Labute approximate surface area is 116 Å². The van der Waals surface area contributed by atoms with E-state index < -0.39 is 5.97 Å². The maximum atomic E-state index is 11.4. The molecule has 108 valence electrons. The number of aliphatic carboxylic acids is 1. The molecule has 0 aromatic heterocycles. The van der Waals surface area contributed by atoms with E-state index in [-0.39, 0.29) is 18.9 Å². The van der Waals surface area contributed by atoms with E-state index in [1.54, 1.807) is 0 Å². The number of carbonyl (C=O) groups excluding carboxylic acids is 1. The highest BCUT2D eigenvalue weighted by Crippen LogP contribution is 2.30. The van der Waals surface area contributed by atoms with Crippen LogP contribution in [0.3, 0.4) is 0 Å². The van der Waals surface area contributed by atoms with E-state index in [1.165, 1.54) is 0 Å². The molecule has 6 heteroatoms. The maximum absolute atomic E-state index is 11.4. The van der Waals surface area contributed by atoms with Crippen molar-refractivity contribution in [1.82, 2.24) is 5.32 Å². The summed E-state index contributed by atoms with van der Waals surface area (Å²) in [7, 11) is 0. The Bertz CT molecular complexity index is 500. The zero-order valence-electron chi connectivity index (χ0n) is 11.1. The third-order valence-electron chi connectivity index (χ3n) is 2.89. The molecule has 1 heterocycles. The number of nitrogens with one attached hydrogen (secondary N) is 1. The molecule has 0 atom stereocenters. The van der Waals surface area contributed by atoms with Gasteiger partial charge in [0.25, 0.3) is 0 Å². The molecule has 0 unspecified atom stereocenters. The third kappa shape index (κ3) is 4.15. The molecule has 0 saturated heterocycles. The Morgan fingerprint density at radius 1 is 1.20 bits per heavy atom. The fraction of sp³-hybridized carbons (Fsp3) is 0.429. The van der Waals surface area contributed by atoms with Crippen LogP contribution in [0.15, 0.2) is 18.2 Å². The Morgan fingerprint density at radius 2 is 1.95 bits per heavy atom. The average Bonchev–Trinajstić information content (AvgIpc) is 2.67. The number of carbonyl (C=O) groups is 2. The summed E-state index contributed by atoms with van der Waals surface area (Å²) in [6.07, 6.45) is 1.62. The summed E-state index contributed by atoms with van der Waals surface area (Å²) in [5, 5.41) is 10.8. The van der Waals surface area contributed by atoms with E-state index in [0.717, 1.165) is 17.7 Å². The van der Waals surface area contributed by atoms with Crippen molar-refractivity contribution in [2.45, 2.75) is 19.3 Å². The molecule has 0 radical (unpaired) electrons. The van der Waals surface area contributed by atoms with Gasteiger partial charge in [-0.3, -0.25) is 9.59 Å². The topological polar surface area (TPSA) is 84.9 Å². The average molecular weight is 279 g/mol. The van der Waals surface area contributed by atoms with Gasteiger partial charge in [-0.2, -0.15) is 0 Å². The van der Waals surface area contributed by atoms with Crippen molar-refractivity contribution in [1.29, 1.82) is 0 Å². The highest BCUT2D eigenvalue weighted by molar-refractivity contribution is 5.81. The fourth-order valence-corrected chi connectivity index (χ4v) is 1.88. The van der Waals surface area contributed by atoms with Crippen LogP contribution in [0.1, 0.15) is 18.4 Å². The van der Waals surface area contributed by atoms with Crippen molar-refractivity contribution < 1.29 is 24.2 Å². The first kappa shape index (κ1) is 14.2. The largest absolute Gasteiger partial charge is 0.490 e. The van der Waals surface area contributed by atoms with E-state index in [9.17, 15) is 9.59 Å². The van der Waals surface area contributed by atoms with Gasteiger partial charge in [0.1, 0.15) is 6.54 Å². The second-order valence-corrected chi connectivity index (χ2v) is 4.50. The number of rotatable bonds is 5. The Hall–Kier alpha value is -2.24. The minimum atomic E-state index is -1.05. The highest BCUT2D eigenvalue weighted by atomic mass is 16.5. The van der Waals surface area contributed by atoms with Crippen molar-refractivity contribution in [2.75, 3.05) is 19.8 Å². The van der Waals surface area contributed by atoms with E-state index in [2.05, 4.69) is 5.32 Å². The molecular formula is C14H17NO5. The van der Waals surface area contributed by atoms with Gasteiger partial charge in [-0.1, -0.05) is 6.07 Å². The molecule has 20 heavy (non-hydrogen) atoms. The van der Waals surface area contributed by atoms with Gasteiger partial charge in [-0.15, -0.1) is 0 Å². The summed E-state index contributed by atoms with van der Waals surface area (Å²) in [5.74, 6) is 0.0981. The van der Waals surface area contributed by atoms with E-state index in [4.69, 9.17) is 14.6 Å². The number of carboxylic acids is 1. The van der Waals surface area contributed by atoms with Crippen LogP contribution in [0, 0.1) is 0 Å². The molecule has 1 aliphatic heterocycles. The lowest BCUT2D eigenvalue weighted by atomic mass is 10.1. The standard InChI is InChI=1S/C14H17NO5/c16-13(15-9-14(17)18)5-3-10-2-4-11-12(8-10)20-7-1-6-19-11/h2,4,8H,1,3,5-7,9H2,(H,15,16)(H,17,18). The molecule has 1 aromatic carbocycles. The summed E-state index contributed by atoms with van der Waals surface area (Å²) in [4.78, 5) is 21.8. The molecule has 0 aliphatic carbocycles. The van der Waals surface area contributed by atoms with Gasteiger partial charge in [-0.25, -0.2) is 0 Å². The number of amides is 1. The van der Waals surface area contributed by atoms with E-state index in [0.29, 0.717) is 25.4 Å². The third-order valence-corrected chi connectivity index (χ3v) is 2.89. The molecule has 0 fully saturated rings. The first-order valence-corrected chi connectivity index (χ1v) is 6.52. The van der Waals surface area contributed by atoms with Gasteiger partial charge in [0.2, 0.25) is 5.91 Å². The van der Waals surface area contributed by atoms with Crippen LogP contribution in [0.5, 0.6) is 11.5 Å². The molecule has 2 rings (SSSR count). The summed E-state index contributed by atoms with van der Waals surface area (Å²) in [6.45, 7) is 0.916. The van der Waals surface area contributed by atoms with Gasteiger partial charge in [0.05, 0.1) is 13.2 Å². The quantitative estimate of drug-likeness (QED) is 0.839. The molecule has 6 nitrogen and oxygen atoms in total. The molecule has 1 aliphatic rings. The Kier molecular flexibility index (Phi) is 4.81. The predicted octanol–water partition coefficient (Wildman–Crippen LogP) is 0.981. The summed E-state index contributed by atoms with van der Waals surface area (Å²) in [5.41, 5.74) is 0.958. The lowest BCUT2D eigenvalue weighted by Gasteiger charge is -2.09. The number of hydrogen-bond acceptors (Lipinski definition) is 4. The molecule has 0 bridgehead atoms. The first-order valence-electron chi connectivity index (χ1n) is 6.52. The van der Waals surface area contributed by atoms with Crippen LogP contribution in [0.4, 0.5) is 0 Å². The SMILES string of the molecule is O=C(O)CNC(=O)CCc1ccc2c(c1)OCCCO2. The zero-order chi connectivity index (χ0) is 14.4. The first-order chi connectivity index (χ1) is 9.65. The smallest absolute Gasteiger partial charge is 0.322 e. The lowest BCUT2D eigenvalue weighted by molar-refractivity contribution is -0.137. The minimum Gasteiger partial charge on any atom is -0.490 e. The number of hydrogen-bond donors (Lipinski definition) is 2. The molecule has 2 N–H and O–H groups in total. The number of aryl methyl sites for hydroxylation is 1. The van der Waals surface area contributed by atoms with Crippen LogP contribution in [0.2, 0.25) is 0 Å². The number of ether oxygens (including phenoxy) is 2. The zero-order valence-corrected chi connectivity index (χ0v) is 11.1. The van der Waals surface area contributed by atoms with Gasteiger partial charge in [0, 0.05) is 12.8 Å². The normalized spacial score (nSPS) is 13.4. The molecule has 1 aromatic rings. The molecule has 1 amide bonds. The second-order valence-electron chi connectivity index (χ2n) is 4.50. The van der Waals surface area contributed by atoms with Gasteiger partial charge in [-0.05, 0) is 24.1 Å². The lowest BCUT2D eigenvalue weighted by Crippen LogP contribution is -2.29. The van der Waals surface area contributed by atoms with Crippen molar-refractivity contribution in [3.05, 3.63) is 23.8 Å². The summed E-state index contributed by atoms with van der Waals surface area (Å²) in [6, 6.07) is 5.59. The Morgan fingerprint density at radius 3 is 2.70 bits per heavy atom. The second kappa shape index (κ2) is 6.79. The van der Waals surface area contributed by atoms with E-state index >= 15 is 0 Å². The number of carboxylic acid groups (broad SMARTS) is 1. The van der Waals surface area contributed by atoms with Crippen LogP contribution < -0.4 is 14.8 Å². The number of fused-ring (bicyclic) bond motifs is 1. The predicted molar refractivity (Wildman–Crippen MR) is 71.0 cm³/mol. The highest BCUT2D eigenvalue weighted by Gasteiger charge is 2.11. The van der Waals surface area contributed by atoms with Gasteiger partial charge >= 0.3 is 5.97 Å². The number of benzene rings is 1. The molecular weight excluding hydrogens is 262 g/mol. The summed E-state index contributed by atoms with van der Waals surface area (Å²) < 4.78 is 11.1. The van der Waals surface area contributed by atoms with Crippen molar-refractivity contribution >= 4 is 11.9 Å². The van der Waals surface area contributed by atoms with E-state index in [1.807, 2.05) is 18.2 Å².